The van der Waals surface area contributed by atoms with Gasteiger partial charge >= 0.3 is 0 Å². The van der Waals surface area contributed by atoms with E-state index in [4.69, 9.17) is 11.5 Å². The first kappa shape index (κ1) is 15.5. The Morgan fingerprint density at radius 2 is 2.04 bits per heavy atom. The molecule has 1 fully saturated rings. The van der Waals surface area contributed by atoms with E-state index in [1.165, 1.54) is 18.3 Å². The normalized spacial score (nSPS) is 14.6. The van der Waals surface area contributed by atoms with Crippen molar-refractivity contribution in [3.63, 3.8) is 0 Å². The molecule has 126 valence electrons. The Balaban J connectivity index is 1.80. The maximum Gasteiger partial charge on any atom is 0.256 e. The van der Waals surface area contributed by atoms with Gasteiger partial charge in [0.2, 0.25) is 0 Å². The third-order valence-corrected chi connectivity index (χ3v) is 4.31. The SMILES string of the molecule is Nc1ncc(C(=O)N2CC(N)C2)c2ccc(-c3cccc(F)c3)nc12. The second kappa shape index (κ2) is 5.78. The molecule has 1 aliphatic rings. The number of hydrogen-bond acceptors (Lipinski definition) is 5. The zero-order chi connectivity index (χ0) is 17.6. The van der Waals surface area contributed by atoms with Crippen LogP contribution in [0.4, 0.5) is 10.2 Å². The molecule has 0 atom stereocenters. The van der Waals surface area contributed by atoms with Crippen LogP contribution in [-0.4, -0.2) is 39.9 Å². The van der Waals surface area contributed by atoms with E-state index in [0.29, 0.717) is 40.8 Å². The van der Waals surface area contributed by atoms with Crippen LogP contribution in [-0.2, 0) is 0 Å². The standard InChI is InChI=1S/C18H16FN5O/c19-11-3-1-2-10(6-11)15-5-4-13-14(7-22-17(21)16(13)23-15)18(25)24-8-12(20)9-24/h1-7,12H,8-9,20H2,(H2,21,22). The van der Waals surface area contributed by atoms with Crippen LogP contribution in [0, 0.1) is 5.82 Å². The van der Waals surface area contributed by atoms with Gasteiger partial charge in [-0.1, -0.05) is 12.1 Å². The Kier molecular flexibility index (Phi) is 3.58. The zero-order valence-electron chi connectivity index (χ0n) is 13.3. The summed E-state index contributed by atoms with van der Waals surface area (Å²) in [5.41, 5.74) is 13.8. The average Bonchev–Trinajstić information content (AvgIpc) is 2.59. The number of fused-ring (bicyclic) bond motifs is 1. The van der Waals surface area contributed by atoms with E-state index in [-0.39, 0.29) is 23.6 Å². The molecule has 6 nitrogen and oxygen atoms in total. The van der Waals surface area contributed by atoms with Crippen molar-refractivity contribution in [3.05, 3.63) is 54.0 Å². The molecule has 4 rings (SSSR count). The number of nitrogens with zero attached hydrogens (tertiary/aromatic N) is 3. The fraction of sp³-hybridized carbons (Fsp3) is 0.167. The van der Waals surface area contributed by atoms with Crippen molar-refractivity contribution < 1.29 is 9.18 Å². The monoisotopic (exact) mass is 337 g/mol. The largest absolute Gasteiger partial charge is 0.382 e. The number of hydrogen-bond donors (Lipinski definition) is 2. The van der Waals surface area contributed by atoms with Crippen molar-refractivity contribution in [3.8, 4) is 11.3 Å². The number of halogens is 1. The van der Waals surface area contributed by atoms with Crippen LogP contribution < -0.4 is 11.5 Å². The lowest BCUT2D eigenvalue weighted by Gasteiger charge is -2.37. The van der Waals surface area contributed by atoms with Gasteiger partial charge in [-0.2, -0.15) is 0 Å². The molecule has 1 aromatic carbocycles. The molecule has 3 aromatic rings. The van der Waals surface area contributed by atoms with Crippen LogP contribution in [0.2, 0.25) is 0 Å². The third-order valence-electron chi connectivity index (χ3n) is 4.31. The van der Waals surface area contributed by atoms with Crippen molar-refractivity contribution in [2.75, 3.05) is 18.8 Å². The van der Waals surface area contributed by atoms with E-state index in [0.717, 1.165) is 0 Å². The number of carbonyl (C=O) groups excluding carboxylic acids is 1. The molecule has 2 aromatic heterocycles. The number of nitrogens with two attached hydrogens (primary N) is 2. The van der Waals surface area contributed by atoms with Gasteiger partial charge in [0.15, 0.2) is 0 Å². The topological polar surface area (TPSA) is 98.1 Å². The average molecular weight is 337 g/mol. The van der Waals surface area contributed by atoms with Crippen LogP contribution in [0.1, 0.15) is 10.4 Å². The predicted molar refractivity (Wildman–Crippen MR) is 93.2 cm³/mol. The first-order valence-corrected chi connectivity index (χ1v) is 7.89. The van der Waals surface area contributed by atoms with Crippen molar-refractivity contribution >= 4 is 22.6 Å². The summed E-state index contributed by atoms with van der Waals surface area (Å²) in [5.74, 6) is -0.256. The van der Waals surface area contributed by atoms with E-state index in [1.54, 1.807) is 29.2 Å². The summed E-state index contributed by atoms with van der Waals surface area (Å²) in [6, 6.07) is 9.68. The van der Waals surface area contributed by atoms with Gasteiger partial charge in [-0.3, -0.25) is 4.79 Å². The molecule has 0 aliphatic carbocycles. The minimum absolute atomic E-state index is 0.0228. The molecular formula is C18H16FN5O. The van der Waals surface area contributed by atoms with Crippen LogP contribution in [0.15, 0.2) is 42.6 Å². The van der Waals surface area contributed by atoms with Crippen molar-refractivity contribution in [1.82, 2.24) is 14.9 Å². The lowest BCUT2D eigenvalue weighted by molar-refractivity contribution is 0.0610. The summed E-state index contributed by atoms with van der Waals surface area (Å²) < 4.78 is 13.5. The van der Waals surface area contributed by atoms with Crippen molar-refractivity contribution in [2.24, 2.45) is 5.73 Å². The highest BCUT2D eigenvalue weighted by atomic mass is 19.1. The number of likely N-dealkylation sites (tertiary alicyclic amines) is 1. The van der Waals surface area contributed by atoms with Gasteiger partial charge in [0.05, 0.1) is 11.3 Å². The summed E-state index contributed by atoms with van der Waals surface area (Å²) in [7, 11) is 0. The molecular weight excluding hydrogens is 321 g/mol. The summed E-state index contributed by atoms with van der Waals surface area (Å²) in [5, 5.41) is 0.623. The number of aromatic nitrogens is 2. The van der Waals surface area contributed by atoms with Crippen LogP contribution in [0.5, 0.6) is 0 Å². The predicted octanol–water partition coefficient (Wildman–Crippen LogP) is 1.80. The maximum absolute atomic E-state index is 13.5. The minimum Gasteiger partial charge on any atom is -0.382 e. The van der Waals surface area contributed by atoms with Gasteiger partial charge in [0.1, 0.15) is 17.2 Å². The van der Waals surface area contributed by atoms with Crippen molar-refractivity contribution in [1.29, 1.82) is 0 Å². The van der Waals surface area contributed by atoms with Crippen LogP contribution in [0.3, 0.4) is 0 Å². The Morgan fingerprint density at radius 1 is 1.24 bits per heavy atom. The molecule has 0 radical (unpaired) electrons. The second-order valence-corrected chi connectivity index (χ2v) is 6.13. The molecule has 25 heavy (non-hydrogen) atoms. The summed E-state index contributed by atoms with van der Waals surface area (Å²) >= 11 is 0. The number of anilines is 1. The Bertz CT molecular complexity index is 984. The van der Waals surface area contributed by atoms with Gasteiger partial charge in [0.25, 0.3) is 5.91 Å². The number of carbonyl (C=O) groups is 1. The molecule has 0 unspecified atom stereocenters. The molecule has 1 amide bonds. The molecule has 1 aliphatic heterocycles. The number of rotatable bonds is 2. The lowest BCUT2D eigenvalue weighted by Crippen LogP contribution is -2.57. The van der Waals surface area contributed by atoms with Crippen LogP contribution >= 0.6 is 0 Å². The molecule has 0 saturated carbocycles. The van der Waals surface area contributed by atoms with Crippen molar-refractivity contribution in [2.45, 2.75) is 6.04 Å². The molecule has 3 heterocycles. The fourth-order valence-corrected chi connectivity index (χ4v) is 2.96. The molecule has 4 N–H and O–H groups in total. The van der Waals surface area contributed by atoms with E-state index < -0.39 is 0 Å². The first-order valence-electron chi connectivity index (χ1n) is 7.89. The van der Waals surface area contributed by atoms with E-state index in [2.05, 4.69) is 9.97 Å². The minimum atomic E-state index is -0.344. The number of nitrogen functional groups attached to an aromatic ring is 1. The summed E-state index contributed by atoms with van der Waals surface area (Å²) in [6.07, 6.45) is 1.47. The third kappa shape index (κ3) is 2.68. The molecule has 0 bridgehead atoms. The number of benzene rings is 1. The maximum atomic E-state index is 13.5. The van der Waals surface area contributed by atoms with E-state index in [9.17, 15) is 9.18 Å². The van der Waals surface area contributed by atoms with E-state index >= 15 is 0 Å². The van der Waals surface area contributed by atoms with E-state index in [1.807, 2.05) is 0 Å². The van der Waals surface area contributed by atoms with Crippen LogP contribution in [0.25, 0.3) is 22.2 Å². The molecule has 0 spiro atoms. The highest BCUT2D eigenvalue weighted by molar-refractivity contribution is 6.08. The quantitative estimate of drug-likeness (QED) is 0.743. The highest BCUT2D eigenvalue weighted by Crippen LogP contribution is 2.27. The fourth-order valence-electron chi connectivity index (χ4n) is 2.96. The molecule has 1 saturated heterocycles. The second-order valence-electron chi connectivity index (χ2n) is 6.13. The van der Waals surface area contributed by atoms with Gasteiger partial charge in [-0.15, -0.1) is 0 Å². The summed E-state index contributed by atoms with van der Waals surface area (Å²) in [4.78, 5) is 22.9. The number of amides is 1. The Hall–Kier alpha value is -3.06. The highest BCUT2D eigenvalue weighted by Gasteiger charge is 2.29. The van der Waals surface area contributed by atoms with Gasteiger partial charge in [-0.05, 0) is 24.3 Å². The van der Waals surface area contributed by atoms with Gasteiger partial charge in [-0.25, -0.2) is 14.4 Å². The number of pyridine rings is 2. The Labute approximate surface area is 143 Å². The smallest absolute Gasteiger partial charge is 0.256 e. The lowest BCUT2D eigenvalue weighted by atomic mass is 10.0. The zero-order valence-corrected chi connectivity index (χ0v) is 13.3. The Morgan fingerprint density at radius 3 is 2.76 bits per heavy atom. The van der Waals surface area contributed by atoms with Gasteiger partial charge < -0.3 is 16.4 Å². The molecule has 7 heteroatoms. The first-order chi connectivity index (χ1) is 12.0. The summed E-state index contributed by atoms with van der Waals surface area (Å²) in [6.45, 7) is 1.05. The van der Waals surface area contributed by atoms with Gasteiger partial charge in [0, 0.05) is 36.3 Å².